The minimum absolute atomic E-state index is 0.0559. The molecule has 6 heteroatoms. The summed E-state index contributed by atoms with van der Waals surface area (Å²) in [7, 11) is 1.78. The average molecular weight is 321 g/mol. The van der Waals surface area contributed by atoms with E-state index in [4.69, 9.17) is 20.2 Å². The van der Waals surface area contributed by atoms with Gasteiger partial charge in [0.15, 0.2) is 0 Å². The molecule has 0 radical (unpaired) electrons. The lowest BCUT2D eigenvalue weighted by Crippen LogP contribution is -2.07. The van der Waals surface area contributed by atoms with Gasteiger partial charge in [-0.1, -0.05) is 31.0 Å². The second-order valence-electron chi connectivity index (χ2n) is 4.43. The number of halogens is 1. The predicted molar refractivity (Wildman–Crippen MR) is 80.9 cm³/mol. The fourth-order valence-electron chi connectivity index (χ4n) is 1.67. The van der Waals surface area contributed by atoms with Gasteiger partial charge in [0.1, 0.15) is 12.4 Å². The number of rotatable bonds is 11. The van der Waals surface area contributed by atoms with Gasteiger partial charge in [-0.25, -0.2) is 8.42 Å². The smallest absolute Gasteiger partial charge is 0.232 e. The molecule has 0 spiro atoms. The molecule has 0 N–H and O–H groups in total. The van der Waals surface area contributed by atoms with E-state index in [1.165, 1.54) is 0 Å². The molecule has 0 atom stereocenters. The van der Waals surface area contributed by atoms with E-state index in [1.807, 2.05) is 30.3 Å². The molecule has 0 fully saturated rings. The Bertz CT molecular complexity index is 448. The number of para-hydroxylation sites is 1. The molecular weight excluding hydrogens is 300 g/mol. The number of ether oxygens (including phenoxy) is 2. The first-order valence-electron chi connectivity index (χ1n) is 6.76. The van der Waals surface area contributed by atoms with Crippen LogP contribution in [-0.4, -0.2) is 34.0 Å². The maximum absolute atomic E-state index is 10.7. The molecular formula is C14H21ClO4S. The summed E-state index contributed by atoms with van der Waals surface area (Å²) >= 11 is 0. The normalized spacial score (nSPS) is 11.4. The maximum Gasteiger partial charge on any atom is 0.232 e. The molecule has 0 amide bonds. The topological polar surface area (TPSA) is 52.6 Å². The molecule has 0 saturated carbocycles. The quantitative estimate of drug-likeness (QED) is 0.464. The molecule has 1 rings (SSSR count). The van der Waals surface area contributed by atoms with Gasteiger partial charge < -0.3 is 9.47 Å². The highest BCUT2D eigenvalue weighted by atomic mass is 35.7. The van der Waals surface area contributed by atoms with E-state index in [2.05, 4.69) is 0 Å². The first kappa shape index (κ1) is 17.3. The SMILES string of the molecule is O=S(=O)(Cl)CCCCCCOCCOc1ccccc1. The summed E-state index contributed by atoms with van der Waals surface area (Å²) in [5.41, 5.74) is 0. The zero-order valence-electron chi connectivity index (χ0n) is 11.5. The minimum atomic E-state index is -3.33. The number of unbranched alkanes of at least 4 members (excludes halogenated alkanes) is 3. The van der Waals surface area contributed by atoms with Gasteiger partial charge >= 0.3 is 0 Å². The van der Waals surface area contributed by atoms with E-state index in [0.717, 1.165) is 25.0 Å². The zero-order chi connectivity index (χ0) is 14.7. The van der Waals surface area contributed by atoms with E-state index in [1.54, 1.807) is 0 Å². The number of hydrogen-bond acceptors (Lipinski definition) is 4. The van der Waals surface area contributed by atoms with Crippen molar-refractivity contribution in [1.29, 1.82) is 0 Å². The Labute approximate surface area is 125 Å². The Balaban J connectivity index is 1.86. The second-order valence-corrected chi connectivity index (χ2v) is 7.33. The van der Waals surface area contributed by atoms with Crippen LogP contribution in [0.5, 0.6) is 5.75 Å². The van der Waals surface area contributed by atoms with Gasteiger partial charge in [0.25, 0.3) is 0 Å². The molecule has 1 aromatic rings. The number of hydrogen-bond donors (Lipinski definition) is 0. The van der Waals surface area contributed by atoms with Gasteiger partial charge in [-0.05, 0) is 25.0 Å². The van der Waals surface area contributed by atoms with Crippen LogP contribution in [0.15, 0.2) is 30.3 Å². The summed E-state index contributed by atoms with van der Waals surface area (Å²) < 4.78 is 32.3. The van der Waals surface area contributed by atoms with Gasteiger partial charge in [0.2, 0.25) is 9.05 Å². The molecule has 0 aliphatic carbocycles. The van der Waals surface area contributed by atoms with Gasteiger partial charge in [-0.2, -0.15) is 0 Å². The van der Waals surface area contributed by atoms with Crippen molar-refractivity contribution in [2.45, 2.75) is 25.7 Å². The van der Waals surface area contributed by atoms with Gasteiger partial charge in [-0.15, -0.1) is 0 Å². The fraction of sp³-hybridized carbons (Fsp3) is 0.571. The first-order chi connectivity index (χ1) is 9.58. The van der Waals surface area contributed by atoms with Crippen LogP contribution >= 0.6 is 10.7 Å². The lowest BCUT2D eigenvalue weighted by Gasteiger charge is -2.06. The van der Waals surface area contributed by atoms with E-state index < -0.39 is 9.05 Å². The Morgan fingerprint density at radius 3 is 2.30 bits per heavy atom. The van der Waals surface area contributed by atoms with Crippen LogP contribution in [0.25, 0.3) is 0 Å². The van der Waals surface area contributed by atoms with Crippen LogP contribution in [0.1, 0.15) is 25.7 Å². The molecule has 0 saturated heterocycles. The van der Waals surface area contributed by atoms with Gasteiger partial charge in [0.05, 0.1) is 12.4 Å². The maximum atomic E-state index is 10.7. The third-order valence-electron chi connectivity index (χ3n) is 2.67. The summed E-state index contributed by atoms with van der Waals surface area (Å²) in [6, 6.07) is 9.61. The summed E-state index contributed by atoms with van der Waals surface area (Å²) in [5.74, 6) is 0.902. The molecule has 4 nitrogen and oxygen atoms in total. The summed E-state index contributed by atoms with van der Waals surface area (Å²) in [5, 5.41) is 0. The van der Waals surface area contributed by atoms with E-state index >= 15 is 0 Å². The monoisotopic (exact) mass is 320 g/mol. The summed E-state index contributed by atoms with van der Waals surface area (Å²) in [6.07, 6.45) is 3.35. The van der Waals surface area contributed by atoms with Crippen LogP contribution in [0.3, 0.4) is 0 Å². The molecule has 0 aliphatic rings. The van der Waals surface area contributed by atoms with Crippen molar-refractivity contribution >= 4 is 19.7 Å². The summed E-state index contributed by atoms with van der Waals surface area (Å²) in [6.45, 7) is 1.77. The lowest BCUT2D eigenvalue weighted by molar-refractivity contribution is 0.0971. The Hall–Kier alpha value is -0.780. The first-order valence-corrected chi connectivity index (χ1v) is 9.24. The number of benzene rings is 1. The second kappa shape index (κ2) is 10.0. The lowest BCUT2D eigenvalue weighted by atomic mass is 10.2. The van der Waals surface area contributed by atoms with Crippen molar-refractivity contribution in [1.82, 2.24) is 0 Å². The molecule has 0 unspecified atom stereocenters. The van der Waals surface area contributed by atoms with Crippen molar-refractivity contribution in [3.05, 3.63) is 30.3 Å². The predicted octanol–water partition coefficient (Wildman–Crippen LogP) is 3.21. The zero-order valence-corrected chi connectivity index (χ0v) is 13.0. The van der Waals surface area contributed by atoms with Gasteiger partial charge in [0, 0.05) is 17.3 Å². The molecule has 0 aliphatic heterocycles. The molecule has 0 aromatic heterocycles. The largest absolute Gasteiger partial charge is 0.491 e. The summed E-state index contributed by atoms with van der Waals surface area (Å²) in [4.78, 5) is 0. The Kier molecular flexibility index (Phi) is 8.65. The van der Waals surface area contributed by atoms with Crippen molar-refractivity contribution in [2.75, 3.05) is 25.6 Å². The highest BCUT2D eigenvalue weighted by molar-refractivity contribution is 8.13. The van der Waals surface area contributed by atoms with E-state index in [-0.39, 0.29) is 5.75 Å². The van der Waals surface area contributed by atoms with Crippen molar-refractivity contribution in [3.63, 3.8) is 0 Å². The Morgan fingerprint density at radius 2 is 1.60 bits per heavy atom. The van der Waals surface area contributed by atoms with Crippen LogP contribution in [0.4, 0.5) is 0 Å². The molecule has 0 heterocycles. The van der Waals surface area contributed by atoms with Crippen LogP contribution < -0.4 is 4.74 Å². The molecule has 20 heavy (non-hydrogen) atoms. The molecule has 1 aromatic carbocycles. The fourth-order valence-corrected chi connectivity index (χ4v) is 2.55. The van der Waals surface area contributed by atoms with Crippen molar-refractivity contribution < 1.29 is 17.9 Å². The minimum Gasteiger partial charge on any atom is -0.491 e. The van der Waals surface area contributed by atoms with Crippen molar-refractivity contribution in [2.24, 2.45) is 0 Å². The third kappa shape index (κ3) is 10.1. The Morgan fingerprint density at radius 1 is 0.900 bits per heavy atom. The molecule has 0 bridgehead atoms. The van der Waals surface area contributed by atoms with Crippen LogP contribution in [-0.2, 0) is 13.8 Å². The highest BCUT2D eigenvalue weighted by Gasteiger charge is 2.03. The average Bonchev–Trinajstić information content (AvgIpc) is 2.41. The van der Waals surface area contributed by atoms with Crippen LogP contribution in [0.2, 0.25) is 0 Å². The van der Waals surface area contributed by atoms with E-state index in [0.29, 0.717) is 26.2 Å². The van der Waals surface area contributed by atoms with E-state index in [9.17, 15) is 8.42 Å². The van der Waals surface area contributed by atoms with Crippen LogP contribution in [0, 0.1) is 0 Å². The molecule has 114 valence electrons. The van der Waals surface area contributed by atoms with Gasteiger partial charge in [-0.3, -0.25) is 0 Å². The highest BCUT2D eigenvalue weighted by Crippen LogP contribution is 2.08. The third-order valence-corrected chi connectivity index (χ3v) is 3.91. The van der Waals surface area contributed by atoms with Crippen molar-refractivity contribution in [3.8, 4) is 5.75 Å². The standard InChI is InChI=1S/C14H21ClO4S/c15-20(16,17)13-7-2-1-6-10-18-11-12-19-14-8-4-3-5-9-14/h3-5,8-9H,1-2,6-7,10-13H2.